The smallest absolute Gasteiger partial charge is 0.175 e. The van der Waals surface area contributed by atoms with Crippen LogP contribution in [0.5, 0.6) is 11.5 Å². The molecule has 0 radical (unpaired) electrons. The standard InChI is InChI=1S/C17H17ClN4O3/c1-21-5-3-19-16(21)9-22-4-2-13-11(8-22)17(25-20-13)10-6-12(18)15(24)7-14(10)23/h3,5-7,23-24H,2,4,8-9H2,1H3. The maximum Gasteiger partial charge on any atom is 0.175 e. The normalized spacial score (nSPS) is 14.6. The van der Waals surface area contributed by atoms with E-state index < -0.39 is 0 Å². The van der Waals surface area contributed by atoms with Crippen LogP contribution in [-0.4, -0.2) is 36.4 Å². The van der Waals surface area contributed by atoms with Gasteiger partial charge in [-0.3, -0.25) is 4.90 Å². The van der Waals surface area contributed by atoms with Crippen molar-refractivity contribution in [1.82, 2.24) is 19.6 Å². The molecule has 1 aliphatic rings. The molecule has 3 heterocycles. The van der Waals surface area contributed by atoms with Crippen LogP contribution in [0, 0.1) is 0 Å². The van der Waals surface area contributed by atoms with E-state index in [1.54, 1.807) is 6.20 Å². The van der Waals surface area contributed by atoms with Gasteiger partial charge in [-0.05, 0) is 6.07 Å². The van der Waals surface area contributed by atoms with Gasteiger partial charge in [0.15, 0.2) is 5.76 Å². The van der Waals surface area contributed by atoms with Crippen LogP contribution in [0.2, 0.25) is 5.02 Å². The highest BCUT2D eigenvalue weighted by Crippen LogP contribution is 2.40. The van der Waals surface area contributed by atoms with Crippen molar-refractivity contribution in [3.8, 4) is 22.8 Å². The number of aryl methyl sites for hydroxylation is 1. The molecule has 0 spiro atoms. The third-order valence-corrected chi connectivity index (χ3v) is 4.81. The van der Waals surface area contributed by atoms with Crippen molar-refractivity contribution >= 4 is 11.6 Å². The van der Waals surface area contributed by atoms with Crippen molar-refractivity contribution in [2.45, 2.75) is 19.5 Å². The van der Waals surface area contributed by atoms with E-state index in [4.69, 9.17) is 16.1 Å². The van der Waals surface area contributed by atoms with E-state index in [1.165, 1.54) is 12.1 Å². The predicted molar refractivity (Wildman–Crippen MR) is 91.3 cm³/mol. The highest BCUT2D eigenvalue weighted by molar-refractivity contribution is 6.32. The number of halogens is 1. The Morgan fingerprint density at radius 3 is 2.88 bits per heavy atom. The fourth-order valence-electron chi connectivity index (χ4n) is 3.10. The van der Waals surface area contributed by atoms with E-state index in [-0.39, 0.29) is 16.5 Å². The number of nitrogens with zero attached hydrogens (tertiary/aromatic N) is 4. The lowest BCUT2D eigenvalue weighted by molar-refractivity contribution is 0.236. The first kappa shape index (κ1) is 16.0. The summed E-state index contributed by atoms with van der Waals surface area (Å²) < 4.78 is 7.48. The van der Waals surface area contributed by atoms with E-state index in [9.17, 15) is 10.2 Å². The van der Waals surface area contributed by atoms with E-state index in [1.807, 2.05) is 17.8 Å². The van der Waals surface area contributed by atoms with Crippen LogP contribution in [0.25, 0.3) is 11.3 Å². The topological polar surface area (TPSA) is 87.6 Å². The van der Waals surface area contributed by atoms with Crippen LogP contribution in [0.3, 0.4) is 0 Å². The molecular weight excluding hydrogens is 344 g/mol. The summed E-state index contributed by atoms with van der Waals surface area (Å²) in [6.07, 6.45) is 4.47. The molecule has 2 N–H and O–H groups in total. The van der Waals surface area contributed by atoms with Gasteiger partial charge in [0.2, 0.25) is 0 Å². The molecule has 0 atom stereocenters. The number of imidazole rings is 1. The average molecular weight is 361 g/mol. The van der Waals surface area contributed by atoms with Gasteiger partial charge in [-0.2, -0.15) is 0 Å². The first-order valence-electron chi connectivity index (χ1n) is 7.90. The number of benzene rings is 1. The van der Waals surface area contributed by atoms with Crippen molar-refractivity contribution in [1.29, 1.82) is 0 Å². The monoisotopic (exact) mass is 360 g/mol. The average Bonchev–Trinajstić information content (AvgIpc) is 3.17. The third-order valence-electron chi connectivity index (χ3n) is 4.51. The molecule has 0 amide bonds. The van der Waals surface area contributed by atoms with E-state index in [0.717, 1.165) is 36.6 Å². The van der Waals surface area contributed by atoms with Crippen molar-refractivity contribution < 1.29 is 14.7 Å². The van der Waals surface area contributed by atoms with Gasteiger partial charge in [0, 0.05) is 50.6 Å². The molecule has 0 saturated heterocycles. The van der Waals surface area contributed by atoms with Crippen LogP contribution in [-0.2, 0) is 26.6 Å². The molecule has 7 nitrogen and oxygen atoms in total. The SMILES string of the molecule is Cn1ccnc1CN1CCc2noc(-c3cc(Cl)c(O)cc3O)c2C1. The molecule has 2 aromatic heterocycles. The minimum atomic E-state index is -0.173. The molecule has 25 heavy (non-hydrogen) atoms. The molecule has 1 aromatic carbocycles. The quantitative estimate of drug-likeness (QED) is 0.746. The van der Waals surface area contributed by atoms with Crippen LogP contribution < -0.4 is 0 Å². The highest BCUT2D eigenvalue weighted by atomic mass is 35.5. The summed E-state index contributed by atoms with van der Waals surface area (Å²) in [5.41, 5.74) is 2.24. The van der Waals surface area contributed by atoms with Crippen molar-refractivity contribution in [3.63, 3.8) is 0 Å². The summed E-state index contributed by atoms with van der Waals surface area (Å²) in [4.78, 5) is 6.62. The second-order valence-corrected chi connectivity index (χ2v) is 6.58. The molecular formula is C17H17ClN4O3. The zero-order valence-corrected chi connectivity index (χ0v) is 14.4. The van der Waals surface area contributed by atoms with Gasteiger partial charge in [-0.25, -0.2) is 4.98 Å². The van der Waals surface area contributed by atoms with Gasteiger partial charge in [-0.1, -0.05) is 16.8 Å². The summed E-state index contributed by atoms with van der Waals surface area (Å²) in [7, 11) is 1.97. The summed E-state index contributed by atoms with van der Waals surface area (Å²) in [5.74, 6) is 1.20. The highest BCUT2D eigenvalue weighted by Gasteiger charge is 2.27. The zero-order valence-electron chi connectivity index (χ0n) is 13.6. The molecule has 4 rings (SSSR count). The van der Waals surface area contributed by atoms with E-state index in [0.29, 0.717) is 17.9 Å². The zero-order chi connectivity index (χ0) is 17.6. The van der Waals surface area contributed by atoms with Crippen molar-refractivity contribution in [2.75, 3.05) is 6.54 Å². The molecule has 0 aliphatic carbocycles. The largest absolute Gasteiger partial charge is 0.507 e. The van der Waals surface area contributed by atoms with Gasteiger partial charge in [-0.15, -0.1) is 0 Å². The minimum absolute atomic E-state index is 0.0953. The summed E-state index contributed by atoms with van der Waals surface area (Å²) in [6.45, 7) is 2.21. The van der Waals surface area contributed by atoms with Gasteiger partial charge in [0.1, 0.15) is 17.3 Å². The maximum atomic E-state index is 10.2. The van der Waals surface area contributed by atoms with Crippen molar-refractivity contribution in [3.05, 3.63) is 46.6 Å². The fraction of sp³-hybridized carbons (Fsp3) is 0.294. The Morgan fingerprint density at radius 1 is 1.28 bits per heavy atom. The molecule has 3 aromatic rings. The first-order chi connectivity index (χ1) is 12.0. The van der Waals surface area contributed by atoms with E-state index in [2.05, 4.69) is 15.0 Å². The Hall–Kier alpha value is -2.51. The Kier molecular flexibility index (Phi) is 3.89. The van der Waals surface area contributed by atoms with Gasteiger partial charge in [0.05, 0.1) is 22.8 Å². The minimum Gasteiger partial charge on any atom is -0.507 e. The summed E-state index contributed by atoms with van der Waals surface area (Å²) in [5, 5.41) is 24.1. The second-order valence-electron chi connectivity index (χ2n) is 6.17. The molecule has 0 bridgehead atoms. The van der Waals surface area contributed by atoms with Crippen LogP contribution in [0.15, 0.2) is 29.0 Å². The number of hydrogen-bond acceptors (Lipinski definition) is 6. The second kappa shape index (κ2) is 6.09. The van der Waals surface area contributed by atoms with Crippen LogP contribution >= 0.6 is 11.6 Å². The van der Waals surface area contributed by atoms with Crippen LogP contribution in [0.4, 0.5) is 0 Å². The van der Waals surface area contributed by atoms with Gasteiger partial charge < -0.3 is 19.3 Å². The molecule has 0 saturated carbocycles. The number of aromatic hydroxyl groups is 2. The lowest BCUT2D eigenvalue weighted by Crippen LogP contribution is -2.31. The summed E-state index contributed by atoms with van der Waals surface area (Å²) in [6, 6.07) is 2.70. The lowest BCUT2D eigenvalue weighted by atomic mass is 10.0. The molecule has 130 valence electrons. The Balaban J connectivity index is 1.66. The Labute approximate surface area is 149 Å². The number of fused-ring (bicyclic) bond motifs is 1. The maximum absolute atomic E-state index is 10.2. The Morgan fingerprint density at radius 2 is 2.12 bits per heavy atom. The summed E-state index contributed by atoms with van der Waals surface area (Å²) >= 11 is 5.98. The van der Waals surface area contributed by atoms with Gasteiger partial charge >= 0.3 is 0 Å². The van der Waals surface area contributed by atoms with Gasteiger partial charge in [0.25, 0.3) is 0 Å². The van der Waals surface area contributed by atoms with Crippen LogP contribution in [0.1, 0.15) is 17.1 Å². The predicted octanol–water partition coefficient (Wildman–Crippen LogP) is 2.70. The number of phenolic OH excluding ortho intramolecular Hbond substituents is 2. The molecule has 8 heteroatoms. The number of phenols is 2. The fourth-order valence-corrected chi connectivity index (χ4v) is 3.26. The number of aromatic nitrogens is 3. The molecule has 1 aliphatic heterocycles. The third kappa shape index (κ3) is 2.85. The molecule has 0 fully saturated rings. The van der Waals surface area contributed by atoms with Crippen molar-refractivity contribution in [2.24, 2.45) is 7.05 Å². The first-order valence-corrected chi connectivity index (χ1v) is 8.28. The van der Waals surface area contributed by atoms with E-state index >= 15 is 0 Å². The Bertz CT molecular complexity index is 934. The number of rotatable bonds is 3. The lowest BCUT2D eigenvalue weighted by Gasteiger charge is -2.25. The molecule has 0 unspecified atom stereocenters. The number of hydrogen-bond donors (Lipinski definition) is 2.